The first-order chi connectivity index (χ1) is 4.47. The second-order valence-corrected chi connectivity index (χ2v) is 2.34. The SMILES string of the molecule is C1=CC2C=CCN2C=C1. The maximum atomic E-state index is 2.29. The molecular formula is C8H9N. The van der Waals surface area contributed by atoms with Crippen molar-refractivity contribution in [3.63, 3.8) is 0 Å². The lowest BCUT2D eigenvalue weighted by Crippen LogP contribution is -2.23. The zero-order chi connectivity index (χ0) is 6.10. The molecule has 2 rings (SSSR count). The minimum absolute atomic E-state index is 0.551. The summed E-state index contributed by atoms with van der Waals surface area (Å²) < 4.78 is 0. The molecule has 0 fully saturated rings. The van der Waals surface area contributed by atoms with Crippen LogP contribution in [0.15, 0.2) is 36.6 Å². The fraction of sp³-hybridized carbons (Fsp3) is 0.250. The fourth-order valence-corrected chi connectivity index (χ4v) is 1.23. The molecule has 0 aromatic carbocycles. The molecule has 0 aromatic rings. The molecule has 1 atom stereocenters. The Kier molecular flexibility index (Phi) is 0.950. The Morgan fingerprint density at radius 2 is 2.22 bits per heavy atom. The molecule has 1 nitrogen and oxygen atoms in total. The van der Waals surface area contributed by atoms with Crippen LogP contribution >= 0.6 is 0 Å². The lowest BCUT2D eigenvalue weighted by Gasteiger charge is -2.21. The lowest BCUT2D eigenvalue weighted by atomic mass is 10.2. The normalized spacial score (nSPS) is 29.3. The minimum Gasteiger partial charge on any atom is -0.364 e. The van der Waals surface area contributed by atoms with Crippen molar-refractivity contribution in [1.82, 2.24) is 4.90 Å². The van der Waals surface area contributed by atoms with Gasteiger partial charge in [-0.05, 0) is 6.08 Å². The highest BCUT2D eigenvalue weighted by Crippen LogP contribution is 2.14. The van der Waals surface area contributed by atoms with Gasteiger partial charge in [0.2, 0.25) is 0 Å². The van der Waals surface area contributed by atoms with Crippen molar-refractivity contribution in [1.29, 1.82) is 0 Å². The van der Waals surface area contributed by atoms with Gasteiger partial charge < -0.3 is 4.90 Å². The average Bonchev–Trinajstić information content (AvgIpc) is 2.33. The van der Waals surface area contributed by atoms with Crippen LogP contribution in [0.4, 0.5) is 0 Å². The van der Waals surface area contributed by atoms with Crippen molar-refractivity contribution in [3.8, 4) is 0 Å². The van der Waals surface area contributed by atoms with Crippen LogP contribution in [0.2, 0.25) is 0 Å². The molecule has 1 heteroatoms. The summed E-state index contributed by atoms with van der Waals surface area (Å²) in [6.07, 6.45) is 12.9. The van der Waals surface area contributed by atoms with Gasteiger partial charge in [0.25, 0.3) is 0 Å². The van der Waals surface area contributed by atoms with Gasteiger partial charge in [-0.3, -0.25) is 0 Å². The van der Waals surface area contributed by atoms with Gasteiger partial charge in [0.1, 0.15) is 0 Å². The van der Waals surface area contributed by atoms with Crippen LogP contribution in [0.5, 0.6) is 0 Å². The summed E-state index contributed by atoms with van der Waals surface area (Å²) in [5, 5.41) is 0. The number of allylic oxidation sites excluding steroid dienone is 2. The Labute approximate surface area is 55.0 Å². The molecule has 0 N–H and O–H groups in total. The number of fused-ring (bicyclic) bond motifs is 1. The van der Waals surface area contributed by atoms with Crippen molar-refractivity contribution in [3.05, 3.63) is 36.6 Å². The van der Waals surface area contributed by atoms with Crippen molar-refractivity contribution in [2.45, 2.75) is 6.04 Å². The third kappa shape index (κ3) is 0.689. The summed E-state index contributed by atoms with van der Waals surface area (Å²) in [5.74, 6) is 0. The first-order valence-corrected chi connectivity index (χ1v) is 3.24. The van der Waals surface area contributed by atoms with E-state index >= 15 is 0 Å². The van der Waals surface area contributed by atoms with Crippen LogP contribution in [0.25, 0.3) is 0 Å². The van der Waals surface area contributed by atoms with Crippen LogP contribution in [-0.2, 0) is 0 Å². The summed E-state index contributed by atoms with van der Waals surface area (Å²) in [6.45, 7) is 1.07. The topological polar surface area (TPSA) is 3.24 Å². The Morgan fingerprint density at radius 1 is 1.22 bits per heavy atom. The summed E-state index contributed by atoms with van der Waals surface area (Å²) in [6, 6.07) is 0.551. The highest BCUT2D eigenvalue weighted by molar-refractivity contribution is 5.23. The second-order valence-electron chi connectivity index (χ2n) is 2.34. The highest BCUT2D eigenvalue weighted by atomic mass is 15.1. The molecule has 0 aliphatic carbocycles. The van der Waals surface area contributed by atoms with Crippen molar-refractivity contribution in [2.24, 2.45) is 0 Å². The van der Waals surface area contributed by atoms with Crippen LogP contribution < -0.4 is 0 Å². The number of hydrogen-bond donors (Lipinski definition) is 0. The molecule has 46 valence electrons. The molecule has 2 aliphatic rings. The molecule has 1 unspecified atom stereocenters. The minimum atomic E-state index is 0.551. The third-order valence-corrected chi connectivity index (χ3v) is 1.73. The Hall–Kier alpha value is -0.980. The standard InChI is InChI=1S/C8H9N/c1-2-6-9-7-3-5-8(9)4-1/h1-6,8H,7H2. The van der Waals surface area contributed by atoms with E-state index in [1.54, 1.807) is 0 Å². The van der Waals surface area contributed by atoms with E-state index in [1.165, 1.54) is 0 Å². The van der Waals surface area contributed by atoms with Gasteiger partial charge in [-0.2, -0.15) is 0 Å². The molecule has 0 aromatic heterocycles. The van der Waals surface area contributed by atoms with Gasteiger partial charge in [0.05, 0.1) is 6.04 Å². The quantitative estimate of drug-likeness (QED) is 0.434. The first-order valence-electron chi connectivity index (χ1n) is 3.24. The smallest absolute Gasteiger partial charge is 0.0658 e. The molecule has 9 heavy (non-hydrogen) atoms. The molecular weight excluding hydrogens is 110 g/mol. The van der Waals surface area contributed by atoms with Gasteiger partial charge in [-0.25, -0.2) is 0 Å². The van der Waals surface area contributed by atoms with Crippen LogP contribution in [0.3, 0.4) is 0 Å². The van der Waals surface area contributed by atoms with E-state index in [0.717, 1.165) is 6.54 Å². The summed E-state index contributed by atoms with van der Waals surface area (Å²) in [4.78, 5) is 2.29. The van der Waals surface area contributed by atoms with E-state index in [2.05, 4.69) is 41.5 Å². The van der Waals surface area contributed by atoms with Crippen LogP contribution in [0.1, 0.15) is 0 Å². The molecule has 2 heterocycles. The molecule has 0 bridgehead atoms. The van der Waals surface area contributed by atoms with Gasteiger partial charge in [0, 0.05) is 12.7 Å². The Bertz CT molecular complexity index is 189. The zero-order valence-electron chi connectivity index (χ0n) is 5.20. The maximum Gasteiger partial charge on any atom is 0.0658 e. The monoisotopic (exact) mass is 119 g/mol. The largest absolute Gasteiger partial charge is 0.364 e. The summed E-state index contributed by atoms with van der Waals surface area (Å²) in [7, 11) is 0. The van der Waals surface area contributed by atoms with Gasteiger partial charge in [-0.15, -0.1) is 0 Å². The van der Waals surface area contributed by atoms with E-state index in [-0.39, 0.29) is 0 Å². The van der Waals surface area contributed by atoms with Crippen molar-refractivity contribution < 1.29 is 0 Å². The Morgan fingerprint density at radius 3 is 3.11 bits per heavy atom. The molecule has 0 spiro atoms. The van der Waals surface area contributed by atoms with E-state index in [0.29, 0.717) is 6.04 Å². The predicted molar refractivity (Wildman–Crippen MR) is 37.9 cm³/mol. The highest BCUT2D eigenvalue weighted by Gasteiger charge is 2.13. The maximum absolute atomic E-state index is 2.29. The molecule has 0 radical (unpaired) electrons. The van der Waals surface area contributed by atoms with Gasteiger partial charge in [0.15, 0.2) is 0 Å². The first kappa shape index (κ1) is 4.86. The molecule has 0 saturated heterocycles. The van der Waals surface area contributed by atoms with E-state index in [9.17, 15) is 0 Å². The molecule has 2 aliphatic heterocycles. The average molecular weight is 119 g/mol. The molecule has 0 saturated carbocycles. The summed E-state index contributed by atoms with van der Waals surface area (Å²) in [5.41, 5.74) is 0. The van der Waals surface area contributed by atoms with E-state index < -0.39 is 0 Å². The van der Waals surface area contributed by atoms with Gasteiger partial charge >= 0.3 is 0 Å². The zero-order valence-corrected chi connectivity index (χ0v) is 5.20. The van der Waals surface area contributed by atoms with E-state index in [1.807, 2.05) is 0 Å². The predicted octanol–water partition coefficient (Wildman–Crippen LogP) is 1.31. The summed E-state index contributed by atoms with van der Waals surface area (Å²) >= 11 is 0. The third-order valence-electron chi connectivity index (χ3n) is 1.73. The Balaban J connectivity index is 2.25. The number of nitrogens with zero attached hydrogens (tertiary/aromatic N) is 1. The number of rotatable bonds is 0. The lowest BCUT2D eigenvalue weighted by molar-refractivity contribution is 0.419. The molecule has 0 amide bonds. The number of hydrogen-bond acceptors (Lipinski definition) is 1. The van der Waals surface area contributed by atoms with Crippen molar-refractivity contribution in [2.75, 3.05) is 6.54 Å². The second kappa shape index (κ2) is 1.76. The van der Waals surface area contributed by atoms with E-state index in [4.69, 9.17) is 0 Å². The van der Waals surface area contributed by atoms with Crippen LogP contribution in [0, 0.1) is 0 Å². The van der Waals surface area contributed by atoms with Crippen LogP contribution in [-0.4, -0.2) is 17.5 Å². The fourth-order valence-electron chi connectivity index (χ4n) is 1.23. The van der Waals surface area contributed by atoms with Gasteiger partial charge in [-0.1, -0.05) is 24.3 Å². The van der Waals surface area contributed by atoms with Crippen molar-refractivity contribution >= 4 is 0 Å².